The van der Waals surface area contributed by atoms with Gasteiger partial charge in [-0.1, -0.05) is 42.5 Å². The van der Waals surface area contributed by atoms with Crippen LogP contribution in [0.1, 0.15) is 11.1 Å². The fourth-order valence-corrected chi connectivity index (χ4v) is 2.52. The predicted molar refractivity (Wildman–Crippen MR) is 95.5 cm³/mol. The van der Waals surface area contributed by atoms with Crippen molar-refractivity contribution in [3.8, 4) is 5.75 Å². The Bertz CT molecular complexity index is 733. The first-order chi connectivity index (χ1) is 12.4. The van der Waals surface area contributed by atoms with Crippen molar-refractivity contribution in [3.63, 3.8) is 0 Å². The van der Waals surface area contributed by atoms with E-state index in [0.29, 0.717) is 5.56 Å². The van der Waals surface area contributed by atoms with Crippen LogP contribution in [0.25, 0.3) is 0 Å². The van der Waals surface area contributed by atoms with Crippen molar-refractivity contribution >= 4 is 11.9 Å². The van der Waals surface area contributed by atoms with Crippen LogP contribution in [0, 0.1) is 0 Å². The molecule has 2 rings (SSSR count). The molecule has 2 aromatic carbocycles. The fourth-order valence-electron chi connectivity index (χ4n) is 2.52. The van der Waals surface area contributed by atoms with Crippen molar-refractivity contribution in [1.29, 1.82) is 0 Å². The molecule has 0 saturated heterocycles. The van der Waals surface area contributed by atoms with Gasteiger partial charge in [0.2, 0.25) is 0 Å². The van der Waals surface area contributed by atoms with Crippen LogP contribution in [0.15, 0.2) is 54.6 Å². The summed E-state index contributed by atoms with van der Waals surface area (Å²) in [5, 5.41) is 31.0. The van der Waals surface area contributed by atoms with Crippen LogP contribution in [-0.2, 0) is 22.4 Å². The van der Waals surface area contributed by atoms with Crippen LogP contribution in [0.2, 0.25) is 0 Å². The van der Waals surface area contributed by atoms with Crippen molar-refractivity contribution in [2.24, 2.45) is 5.73 Å². The van der Waals surface area contributed by atoms with Crippen LogP contribution < -0.4 is 11.1 Å². The molecule has 138 valence electrons. The Morgan fingerprint density at radius 3 is 2.12 bits per heavy atom. The molecule has 0 radical (unpaired) electrons. The van der Waals surface area contributed by atoms with Crippen molar-refractivity contribution in [1.82, 2.24) is 5.32 Å². The summed E-state index contributed by atoms with van der Waals surface area (Å²) in [7, 11) is 0. The molecule has 0 aliphatic carbocycles. The summed E-state index contributed by atoms with van der Waals surface area (Å²) < 4.78 is 0. The van der Waals surface area contributed by atoms with E-state index >= 15 is 0 Å². The van der Waals surface area contributed by atoms with Crippen molar-refractivity contribution in [2.45, 2.75) is 31.0 Å². The smallest absolute Gasteiger partial charge is 0.326 e. The maximum atomic E-state index is 12.2. The average molecular weight is 358 g/mol. The molecular weight excluding hydrogens is 336 g/mol. The van der Waals surface area contributed by atoms with Crippen LogP contribution in [0.5, 0.6) is 5.75 Å². The minimum atomic E-state index is -1.53. The molecule has 0 bridgehead atoms. The number of hydrogen-bond donors (Lipinski definition) is 5. The van der Waals surface area contributed by atoms with Crippen molar-refractivity contribution in [2.75, 3.05) is 0 Å². The molecule has 0 spiro atoms. The fraction of sp³-hybridized carbons (Fsp3) is 0.263. The summed E-state index contributed by atoms with van der Waals surface area (Å²) in [6.45, 7) is 0. The first-order valence-electron chi connectivity index (χ1n) is 8.15. The second kappa shape index (κ2) is 8.98. The number of benzene rings is 2. The second-order valence-corrected chi connectivity index (χ2v) is 6.07. The topological polar surface area (TPSA) is 133 Å². The van der Waals surface area contributed by atoms with E-state index in [0.717, 1.165) is 5.56 Å². The number of phenols is 1. The van der Waals surface area contributed by atoms with Gasteiger partial charge < -0.3 is 26.4 Å². The quantitative estimate of drug-likeness (QED) is 0.465. The number of carbonyl (C=O) groups is 2. The van der Waals surface area contributed by atoms with Gasteiger partial charge in [0.15, 0.2) is 0 Å². The highest BCUT2D eigenvalue weighted by molar-refractivity contribution is 5.86. The van der Waals surface area contributed by atoms with Crippen LogP contribution >= 0.6 is 0 Å². The van der Waals surface area contributed by atoms with E-state index in [-0.39, 0.29) is 18.6 Å². The standard InChI is InChI=1S/C19H22N2O5/c20-15(10-12-4-2-1-3-5-12)17(23)18(24)21-16(19(25)26)11-13-6-8-14(22)9-7-13/h1-9,15-17,22-23H,10-11,20H2,(H,21,24)(H,25,26)/t15-,16+,17+/m1/s1. The lowest BCUT2D eigenvalue weighted by atomic mass is 10.0. The Hall–Kier alpha value is -2.90. The molecule has 7 heteroatoms. The first kappa shape index (κ1) is 19.4. The maximum Gasteiger partial charge on any atom is 0.326 e. The summed E-state index contributed by atoms with van der Waals surface area (Å²) in [6, 6.07) is 13.1. The minimum Gasteiger partial charge on any atom is -0.508 e. The molecule has 7 nitrogen and oxygen atoms in total. The van der Waals surface area contributed by atoms with Gasteiger partial charge in [-0.3, -0.25) is 4.79 Å². The van der Waals surface area contributed by atoms with Gasteiger partial charge in [0.25, 0.3) is 5.91 Å². The highest BCUT2D eigenvalue weighted by Crippen LogP contribution is 2.12. The zero-order valence-electron chi connectivity index (χ0n) is 14.1. The molecule has 0 saturated carbocycles. The second-order valence-electron chi connectivity index (χ2n) is 6.07. The Kier molecular flexibility index (Phi) is 6.71. The number of carboxylic acid groups (broad SMARTS) is 1. The monoisotopic (exact) mass is 358 g/mol. The lowest BCUT2D eigenvalue weighted by molar-refractivity contribution is -0.143. The van der Waals surface area contributed by atoms with E-state index in [2.05, 4.69) is 5.32 Å². The van der Waals surface area contributed by atoms with E-state index in [1.807, 2.05) is 30.3 Å². The number of hydrogen-bond acceptors (Lipinski definition) is 5. The minimum absolute atomic E-state index is 0.0159. The number of carboxylic acids is 1. The van der Waals surface area contributed by atoms with Gasteiger partial charge in [0.05, 0.1) is 0 Å². The number of phenolic OH excluding ortho intramolecular Hbond substituents is 1. The zero-order chi connectivity index (χ0) is 19.1. The van der Waals surface area contributed by atoms with Gasteiger partial charge in [0.1, 0.15) is 17.9 Å². The molecular formula is C19H22N2O5. The van der Waals surface area contributed by atoms with E-state index in [1.165, 1.54) is 12.1 Å². The number of aromatic hydroxyl groups is 1. The number of rotatable bonds is 8. The summed E-state index contributed by atoms with van der Waals surface area (Å²) in [4.78, 5) is 23.6. The Morgan fingerprint density at radius 2 is 1.54 bits per heavy atom. The van der Waals surface area contributed by atoms with Gasteiger partial charge in [-0.15, -0.1) is 0 Å². The molecule has 0 fully saturated rings. The summed E-state index contributed by atoms with van der Waals surface area (Å²) >= 11 is 0. The van der Waals surface area contributed by atoms with Crippen molar-refractivity contribution < 1.29 is 24.9 Å². The number of aliphatic hydroxyl groups is 1. The first-order valence-corrected chi connectivity index (χ1v) is 8.15. The third-order valence-electron chi connectivity index (χ3n) is 3.98. The molecule has 0 aromatic heterocycles. The van der Waals surface area contributed by atoms with Gasteiger partial charge in [-0.25, -0.2) is 4.79 Å². The Labute approximate surface area is 151 Å². The Balaban J connectivity index is 1.97. The summed E-state index contributed by atoms with van der Waals surface area (Å²) in [6.07, 6.45) is -1.23. The zero-order valence-corrected chi connectivity index (χ0v) is 14.1. The molecule has 2 aromatic rings. The van der Waals surface area contributed by atoms with Crippen LogP contribution in [0.4, 0.5) is 0 Å². The third-order valence-corrected chi connectivity index (χ3v) is 3.98. The van der Waals surface area contributed by atoms with Crippen LogP contribution in [-0.4, -0.2) is 45.4 Å². The largest absolute Gasteiger partial charge is 0.508 e. The molecule has 0 heterocycles. The van der Waals surface area contributed by atoms with Gasteiger partial charge in [0, 0.05) is 12.5 Å². The Morgan fingerprint density at radius 1 is 0.962 bits per heavy atom. The number of amides is 1. The number of nitrogens with two attached hydrogens (primary N) is 1. The molecule has 1 amide bonds. The number of carbonyl (C=O) groups excluding carboxylic acids is 1. The summed E-state index contributed by atoms with van der Waals surface area (Å²) in [5.41, 5.74) is 7.38. The average Bonchev–Trinajstić information content (AvgIpc) is 2.62. The SMILES string of the molecule is N[C@H](Cc1ccccc1)[C@H](O)C(=O)N[C@@H](Cc1ccc(O)cc1)C(=O)O. The molecule has 0 aliphatic heterocycles. The normalized spacial score (nSPS) is 14.2. The molecule has 6 N–H and O–H groups in total. The van der Waals surface area contributed by atoms with Gasteiger partial charge in [-0.2, -0.15) is 0 Å². The highest BCUT2D eigenvalue weighted by atomic mass is 16.4. The van der Waals surface area contributed by atoms with Crippen LogP contribution in [0.3, 0.4) is 0 Å². The van der Waals surface area contributed by atoms with E-state index in [9.17, 15) is 24.9 Å². The number of aliphatic carboxylic acids is 1. The lowest BCUT2D eigenvalue weighted by Crippen LogP contribution is -2.52. The molecule has 0 unspecified atom stereocenters. The molecule has 0 aliphatic rings. The van der Waals surface area contributed by atoms with E-state index in [4.69, 9.17) is 5.73 Å². The molecule has 3 atom stereocenters. The van der Waals surface area contributed by atoms with E-state index in [1.54, 1.807) is 12.1 Å². The summed E-state index contributed by atoms with van der Waals surface area (Å²) in [5.74, 6) is -2.00. The molecule has 26 heavy (non-hydrogen) atoms. The number of nitrogens with one attached hydrogen (secondary N) is 1. The van der Waals surface area contributed by atoms with Gasteiger partial charge >= 0.3 is 5.97 Å². The maximum absolute atomic E-state index is 12.2. The lowest BCUT2D eigenvalue weighted by Gasteiger charge is -2.21. The highest BCUT2D eigenvalue weighted by Gasteiger charge is 2.28. The third kappa shape index (κ3) is 5.58. The van der Waals surface area contributed by atoms with Gasteiger partial charge in [-0.05, 0) is 29.7 Å². The van der Waals surface area contributed by atoms with E-state index < -0.39 is 30.1 Å². The predicted octanol–water partition coefficient (Wildman–Crippen LogP) is 0.435. The number of aliphatic hydroxyl groups excluding tert-OH is 1. The van der Waals surface area contributed by atoms with Crippen molar-refractivity contribution in [3.05, 3.63) is 65.7 Å².